The van der Waals surface area contributed by atoms with Gasteiger partial charge >= 0.3 is 13.8 Å². The van der Waals surface area contributed by atoms with Crippen LogP contribution in [-0.2, 0) is 23.1 Å². The first-order chi connectivity index (χ1) is 18.4. The fraction of sp³-hybridized carbons (Fsp3) is 0.828. The topological polar surface area (TPSA) is 128 Å². The highest BCUT2D eigenvalue weighted by Crippen LogP contribution is 2.42. The molecule has 0 aliphatic rings. The summed E-state index contributed by atoms with van der Waals surface area (Å²) in [5, 5.41) is 9.69. The van der Waals surface area contributed by atoms with Gasteiger partial charge in [0.05, 0.1) is 19.6 Å². The first-order valence-corrected chi connectivity index (χ1v) is 16.4. The van der Waals surface area contributed by atoms with Crippen molar-refractivity contribution in [2.75, 3.05) is 26.4 Å². The fourth-order valence-electron chi connectivity index (χ4n) is 3.88. The second-order valence-corrected chi connectivity index (χ2v) is 11.3. The number of hydrogen-bond donors (Lipinski definition) is 3. The van der Waals surface area contributed by atoms with Gasteiger partial charge in [0.25, 0.3) is 0 Å². The molecule has 9 heteroatoms. The molecule has 8 nitrogen and oxygen atoms in total. The lowest BCUT2D eigenvalue weighted by Gasteiger charge is -2.14. The zero-order valence-corrected chi connectivity index (χ0v) is 24.8. The van der Waals surface area contributed by atoms with Crippen LogP contribution in [0.15, 0.2) is 24.3 Å². The SMILES string of the molecule is CCCCCCCCCCCCCCCCCC=CCC=CCC(=O)OC[C@@H](O)COP(=O)(O)OCCN. The van der Waals surface area contributed by atoms with Crippen molar-refractivity contribution in [3.63, 3.8) is 0 Å². The molecular weight excluding hydrogens is 505 g/mol. The van der Waals surface area contributed by atoms with E-state index in [1.165, 1.54) is 96.3 Å². The maximum atomic E-state index is 11.7. The molecular formula is C29H56NO7P. The highest BCUT2D eigenvalue weighted by atomic mass is 31.2. The van der Waals surface area contributed by atoms with Gasteiger partial charge in [-0.3, -0.25) is 13.8 Å². The van der Waals surface area contributed by atoms with E-state index >= 15 is 0 Å². The number of rotatable bonds is 28. The highest BCUT2D eigenvalue weighted by molar-refractivity contribution is 7.47. The van der Waals surface area contributed by atoms with Gasteiger partial charge in [-0.05, 0) is 19.3 Å². The molecule has 0 aromatic rings. The fourth-order valence-corrected chi connectivity index (χ4v) is 4.65. The average molecular weight is 562 g/mol. The Bertz CT molecular complexity index is 642. The van der Waals surface area contributed by atoms with Crippen LogP contribution in [0.5, 0.6) is 0 Å². The molecule has 0 fully saturated rings. The summed E-state index contributed by atoms with van der Waals surface area (Å²) >= 11 is 0. The lowest BCUT2D eigenvalue weighted by atomic mass is 10.0. The van der Waals surface area contributed by atoms with E-state index in [0.717, 1.165) is 12.8 Å². The molecule has 224 valence electrons. The van der Waals surface area contributed by atoms with Crippen molar-refractivity contribution in [1.82, 2.24) is 0 Å². The Kier molecular flexibility index (Phi) is 26.8. The summed E-state index contributed by atoms with van der Waals surface area (Å²) in [6.45, 7) is 1.37. The van der Waals surface area contributed by atoms with Crippen molar-refractivity contribution in [3.05, 3.63) is 24.3 Å². The molecule has 0 amide bonds. The number of esters is 1. The molecule has 0 aliphatic carbocycles. The van der Waals surface area contributed by atoms with Crippen molar-refractivity contribution in [1.29, 1.82) is 0 Å². The Balaban J connectivity index is 3.49. The summed E-state index contributed by atoms with van der Waals surface area (Å²) in [6.07, 6.45) is 29.3. The highest BCUT2D eigenvalue weighted by Gasteiger charge is 2.22. The van der Waals surface area contributed by atoms with Crippen molar-refractivity contribution in [3.8, 4) is 0 Å². The van der Waals surface area contributed by atoms with Crippen LogP contribution in [0.3, 0.4) is 0 Å². The number of carbonyl (C=O) groups is 1. The molecule has 0 saturated carbocycles. The molecule has 1 unspecified atom stereocenters. The number of hydrogen-bond acceptors (Lipinski definition) is 7. The number of carbonyl (C=O) groups excluding carboxylic acids is 1. The molecule has 0 saturated heterocycles. The zero-order chi connectivity index (χ0) is 28.2. The summed E-state index contributed by atoms with van der Waals surface area (Å²) in [6, 6.07) is 0. The second kappa shape index (κ2) is 27.5. The maximum Gasteiger partial charge on any atom is 0.472 e. The first kappa shape index (κ1) is 37.0. The van der Waals surface area contributed by atoms with Crippen LogP contribution in [0.4, 0.5) is 0 Å². The van der Waals surface area contributed by atoms with Gasteiger partial charge in [-0.1, -0.05) is 121 Å². The minimum absolute atomic E-state index is 0.0664. The first-order valence-electron chi connectivity index (χ1n) is 14.9. The van der Waals surface area contributed by atoms with Crippen LogP contribution in [-0.4, -0.2) is 48.4 Å². The molecule has 0 aromatic heterocycles. The van der Waals surface area contributed by atoms with Crippen LogP contribution in [0, 0.1) is 0 Å². The Morgan fingerprint density at radius 2 is 1.32 bits per heavy atom. The third-order valence-electron chi connectivity index (χ3n) is 6.10. The number of phosphoric acid groups is 1. The van der Waals surface area contributed by atoms with Crippen LogP contribution in [0.2, 0.25) is 0 Å². The zero-order valence-electron chi connectivity index (χ0n) is 23.9. The predicted octanol–water partition coefficient (Wildman–Crippen LogP) is 7.14. The standard InChI is InChI=1S/C29H56NO7P/c1-2-3-4-5-6-7-8-9-10-11-12-13-14-15-16-17-18-19-20-21-22-23-29(32)35-26-28(31)27-37-38(33,34)36-25-24-30/h18-19,21-22,28,31H,2-17,20,23-27,30H2,1H3,(H,33,34)/t28-/m1/s1. The van der Waals surface area contributed by atoms with E-state index in [4.69, 9.17) is 10.5 Å². The molecule has 0 aromatic carbocycles. The molecule has 38 heavy (non-hydrogen) atoms. The lowest BCUT2D eigenvalue weighted by molar-refractivity contribution is -0.146. The minimum atomic E-state index is -4.26. The quantitative estimate of drug-likeness (QED) is 0.0398. The molecule has 4 N–H and O–H groups in total. The van der Waals surface area contributed by atoms with E-state index in [-0.39, 0.29) is 26.2 Å². The second-order valence-electron chi connectivity index (χ2n) is 9.84. The number of allylic oxidation sites excluding steroid dienone is 3. The van der Waals surface area contributed by atoms with Crippen LogP contribution >= 0.6 is 7.82 Å². The average Bonchev–Trinajstić information content (AvgIpc) is 2.90. The van der Waals surface area contributed by atoms with Crippen molar-refractivity contribution < 1.29 is 33.1 Å². The summed E-state index contributed by atoms with van der Waals surface area (Å²) in [7, 11) is -4.26. The van der Waals surface area contributed by atoms with Gasteiger partial charge in [-0.15, -0.1) is 0 Å². The Morgan fingerprint density at radius 1 is 0.789 bits per heavy atom. The molecule has 0 aliphatic heterocycles. The Hall–Kier alpha value is -1.02. The van der Waals surface area contributed by atoms with Gasteiger partial charge in [0.2, 0.25) is 0 Å². The van der Waals surface area contributed by atoms with E-state index in [2.05, 4.69) is 28.1 Å². The molecule has 0 rings (SSSR count). The maximum absolute atomic E-state index is 11.7. The van der Waals surface area contributed by atoms with Crippen LogP contribution in [0.25, 0.3) is 0 Å². The van der Waals surface area contributed by atoms with E-state index in [0.29, 0.717) is 0 Å². The smallest absolute Gasteiger partial charge is 0.463 e. The van der Waals surface area contributed by atoms with Gasteiger partial charge in [0.15, 0.2) is 0 Å². The normalized spacial score (nSPS) is 14.3. The third kappa shape index (κ3) is 28.0. The van der Waals surface area contributed by atoms with Crippen LogP contribution in [0.1, 0.15) is 122 Å². The molecule has 2 atom stereocenters. The summed E-state index contributed by atoms with van der Waals surface area (Å²) in [5.41, 5.74) is 5.17. The van der Waals surface area contributed by atoms with E-state index in [1.807, 2.05) is 6.08 Å². The number of phosphoric ester groups is 1. The third-order valence-corrected chi connectivity index (χ3v) is 7.09. The summed E-state index contributed by atoms with van der Waals surface area (Å²) in [4.78, 5) is 21.0. The minimum Gasteiger partial charge on any atom is -0.463 e. The lowest BCUT2D eigenvalue weighted by Crippen LogP contribution is -2.23. The number of aliphatic hydroxyl groups is 1. The van der Waals surface area contributed by atoms with Crippen LogP contribution < -0.4 is 5.73 Å². The van der Waals surface area contributed by atoms with Gasteiger partial charge in [-0.2, -0.15) is 0 Å². The summed E-state index contributed by atoms with van der Waals surface area (Å²) in [5.74, 6) is -0.492. The van der Waals surface area contributed by atoms with Crippen molar-refractivity contribution >= 4 is 13.8 Å². The number of nitrogens with two attached hydrogens (primary N) is 1. The number of unbranched alkanes of at least 4 members (excludes halogenated alkanes) is 15. The van der Waals surface area contributed by atoms with Gasteiger partial charge in [0, 0.05) is 6.54 Å². The molecule has 0 heterocycles. The van der Waals surface area contributed by atoms with E-state index in [9.17, 15) is 19.4 Å². The predicted molar refractivity (Wildman–Crippen MR) is 155 cm³/mol. The van der Waals surface area contributed by atoms with Crippen molar-refractivity contribution in [2.24, 2.45) is 5.73 Å². The molecule has 0 radical (unpaired) electrons. The van der Waals surface area contributed by atoms with Crippen molar-refractivity contribution in [2.45, 2.75) is 129 Å². The van der Waals surface area contributed by atoms with E-state index < -0.39 is 26.5 Å². The van der Waals surface area contributed by atoms with Gasteiger partial charge in [-0.25, -0.2) is 4.57 Å². The Labute approximate surface area is 232 Å². The largest absolute Gasteiger partial charge is 0.472 e. The summed E-state index contributed by atoms with van der Waals surface area (Å²) < 4.78 is 25.5. The Morgan fingerprint density at radius 3 is 1.87 bits per heavy atom. The molecule has 0 spiro atoms. The number of aliphatic hydroxyl groups excluding tert-OH is 1. The van der Waals surface area contributed by atoms with Gasteiger partial charge < -0.3 is 20.5 Å². The van der Waals surface area contributed by atoms with Gasteiger partial charge in [0.1, 0.15) is 12.7 Å². The van der Waals surface area contributed by atoms with E-state index in [1.54, 1.807) is 6.08 Å². The number of ether oxygens (including phenoxy) is 1. The monoisotopic (exact) mass is 561 g/mol. The molecule has 0 bridgehead atoms.